The minimum absolute atomic E-state index is 0.0754. The first-order valence-corrected chi connectivity index (χ1v) is 4.17. The molecule has 0 saturated heterocycles. The third kappa shape index (κ3) is 2.52. The molecule has 0 radical (unpaired) electrons. The predicted molar refractivity (Wildman–Crippen MR) is 50.1 cm³/mol. The second-order valence-electron chi connectivity index (χ2n) is 2.74. The molecule has 0 aliphatic rings. The number of benzene rings is 1. The SMILES string of the molecule is NN(c1ccc(C(F)(F)F)c(Cl)c1)[N+](=O)[O-]. The largest absolute Gasteiger partial charge is 0.417 e. The van der Waals surface area contributed by atoms with Gasteiger partial charge < -0.3 is 0 Å². The van der Waals surface area contributed by atoms with Gasteiger partial charge in [0.25, 0.3) is 0 Å². The first kappa shape index (κ1) is 12.5. The molecule has 0 aliphatic carbocycles. The summed E-state index contributed by atoms with van der Waals surface area (Å²) in [5.74, 6) is 4.96. The van der Waals surface area contributed by atoms with Gasteiger partial charge in [-0.1, -0.05) is 11.6 Å². The Bertz CT molecular complexity index is 424. The number of anilines is 1. The van der Waals surface area contributed by atoms with E-state index in [2.05, 4.69) is 0 Å². The van der Waals surface area contributed by atoms with Crippen LogP contribution in [0.4, 0.5) is 18.9 Å². The molecule has 5 nitrogen and oxygen atoms in total. The number of hydrogen-bond donors (Lipinski definition) is 1. The van der Waals surface area contributed by atoms with Crippen molar-refractivity contribution in [3.8, 4) is 0 Å². The summed E-state index contributed by atoms with van der Waals surface area (Å²) >= 11 is 5.34. The van der Waals surface area contributed by atoms with Crippen LogP contribution in [0.1, 0.15) is 5.56 Å². The highest BCUT2D eigenvalue weighted by Crippen LogP contribution is 2.36. The molecule has 1 aromatic carbocycles. The zero-order valence-corrected chi connectivity index (χ0v) is 8.29. The smallest absolute Gasteiger partial charge is 0.233 e. The van der Waals surface area contributed by atoms with Crippen LogP contribution in [0.2, 0.25) is 5.02 Å². The van der Waals surface area contributed by atoms with Crippen molar-refractivity contribution in [3.05, 3.63) is 38.9 Å². The average Bonchev–Trinajstić information content (AvgIpc) is 2.14. The summed E-state index contributed by atoms with van der Waals surface area (Å²) in [5.41, 5.74) is -1.32. The van der Waals surface area contributed by atoms with Gasteiger partial charge in [-0.3, -0.25) is 0 Å². The second-order valence-corrected chi connectivity index (χ2v) is 3.15. The number of hydrogen-bond acceptors (Lipinski definition) is 3. The Morgan fingerprint density at radius 3 is 2.38 bits per heavy atom. The van der Waals surface area contributed by atoms with Gasteiger partial charge in [-0.05, 0) is 23.3 Å². The van der Waals surface area contributed by atoms with Gasteiger partial charge in [0, 0.05) is 0 Å². The molecular weight excluding hydrogens is 251 g/mol. The molecule has 0 amide bonds. The van der Waals surface area contributed by atoms with Crippen molar-refractivity contribution in [2.24, 2.45) is 5.84 Å². The fraction of sp³-hybridized carbons (Fsp3) is 0.143. The van der Waals surface area contributed by atoms with Crippen LogP contribution in [0.5, 0.6) is 0 Å². The Morgan fingerprint density at radius 2 is 2.00 bits per heavy atom. The lowest BCUT2D eigenvalue weighted by atomic mass is 10.2. The van der Waals surface area contributed by atoms with E-state index in [1.54, 1.807) is 0 Å². The van der Waals surface area contributed by atoms with Crippen LogP contribution in [0.3, 0.4) is 0 Å². The molecule has 0 heterocycles. The summed E-state index contributed by atoms with van der Waals surface area (Å²) in [4.78, 5) is 10.2. The molecule has 1 rings (SSSR count). The lowest BCUT2D eigenvalue weighted by Gasteiger charge is -2.11. The molecule has 2 N–H and O–H groups in total. The van der Waals surface area contributed by atoms with Gasteiger partial charge in [0.05, 0.1) is 10.6 Å². The van der Waals surface area contributed by atoms with Crippen LogP contribution in [-0.2, 0) is 6.18 Å². The molecule has 0 aliphatic heterocycles. The highest BCUT2D eigenvalue weighted by Gasteiger charge is 2.33. The Kier molecular flexibility index (Phi) is 3.24. The van der Waals surface area contributed by atoms with E-state index in [1.165, 1.54) is 0 Å². The van der Waals surface area contributed by atoms with E-state index in [-0.39, 0.29) is 10.8 Å². The fourth-order valence-corrected chi connectivity index (χ4v) is 1.25. The van der Waals surface area contributed by atoms with E-state index in [0.717, 1.165) is 12.1 Å². The molecule has 0 fully saturated rings. The van der Waals surface area contributed by atoms with Gasteiger partial charge in [0.1, 0.15) is 5.69 Å². The normalized spacial score (nSPS) is 11.3. The van der Waals surface area contributed by atoms with Gasteiger partial charge in [-0.2, -0.15) is 19.0 Å². The first-order valence-electron chi connectivity index (χ1n) is 3.79. The number of nitrogens with two attached hydrogens (primary N) is 1. The Labute approximate surface area is 92.3 Å². The summed E-state index contributed by atoms with van der Waals surface area (Å²) in [6, 6.07) is 2.26. The van der Waals surface area contributed by atoms with Gasteiger partial charge in [-0.15, -0.1) is 0 Å². The zero-order chi connectivity index (χ0) is 12.5. The van der Waals surface area contributed by atoms with Crippen LogP contribution in [0.25, 0.3) is 0 Å². The van der Waals surface area contributed by atoms with Crippen molar-refractivity contribution >= 4 is 17.3 Å². The van der Waals surface area contributed by atoms with Crippen LogP contribution in [0, 0.1) is 10.1 Å². The van der Waals surface area contributed by atoms with E-state index in [1.807, 2.05) is 0 Å². The molecule has 0 aromatic heterocycles. The number of hydrazine groups is 2. The number of nitrogens with zero attached hydrogens (tertiary/aromatic N) is 2. The van der Waals surface area contributed by atoms with Gasteiger partial charge in [0.15, 0.2) is 5.03 Å². The van der Waals surface area contributed by atoms with Crippen molar-refractivity contribution in [3.63, 3.8) is 0 Å². The topological polar surface area (TPSA) is 72.4 Å². The van der Waals surface area contributed by atoms with Gasteiger partial charge >= 0.3 is 6.18 Å². The van der Waals surface area contributed by atoms with Gasteiger partial charge in [-0.25, -0.2) is 10.1 Å². The number of halogens is 4. The van der Waals surface area contributed by atoms with Crippen molar-refractivity contribution in [2.75, 3.05) is 5.12 Å². The summed E-state index contributed by atoms with van der Waals surface area (Å²) in [7, 11) is 0. The monoisotopic (exact) mass is 255 g/mol. The van der Waals surface area contributed by atoms with Crippen molar-refractivity contribution in [1.29, 1.82) is 0 Å². The maximum Gasteiger partial charge on any atom is 0.417 e. The summed E-state index contributed by atoms with van der Waals surface area (Å²) in [5, 5.41) is 8.67. The second kappa shape index (κ2) is 4.14. The number of nitro groups is 1. The minimum atomic E-state index is -4.61. The van der Waals surface area contributed by atoms with Crippen LogP contribution in [0.15, 0.2) is 18.2 Å². The van der Waals surface area contributed by atoms with E-state index in [9.17, 15) is 23.3 Å². The molecule has 0 bridgehead atoms. The van der Waals surface area contributed by atoms with Gasteiger partial charge in [0.2, 0.25) is 0 Å². The van der Waals surface area contributed by atoms with E-state index in [0.29, 0.717) is 6.07 Å². The minimum Gasteiger partial charge on any atom is -0.233 e. The molecular formula is C7H5ClF3N3O2. The van der Waals surface area contributed by atoms with E-state index < -0.39 is 21.8 Å². The lowest BCUT2D eigenvalue weighted by Crippen LogP contribution is -2.36. The molecule has 0 unspecified atom stereocenters. The summed E-state index contributed by atoms with van der Waals surface area (Å²) in [6.45, 7) is 0. The van der Waals surface area contributed by atoms with Crippen molar-refractivity contribution < 1.29 is 18.2 Å². The van der Waals surface area contributed by atoms with Crippen molar-refractivity contribution in [1.82, 2.24) is 0 Å². The Morgan fingerprint density at radius 1 is 1.44 bits per heavy atom. The Balaban J connectivity index is 3.14. The first-order chi connectivity index (χ1) is 7.23. The summed E-state index contributed by atoms with van der Waals surface area (Å²) in [6.07, 6.45) is -4.61. The quantitative estimate of drug-likeness (QED) is 0.500. The molecule has 0 atom stereocenters. The van der Waals surface area contributed by atoms with Crippen LogP contribution >= 0.6 is 11.6 Å². The maximum absolute atomic E-state index is 12.3. The number of rotatable bonds is 2. The molecule has 0 spiro atoms. The summed E-state index contributed by atoms with van der Waals surface area (Å²) < 4.78 is 36.8. The van der Waals surface area contributed by atoms with Crippen LogP contribution < -0.4 is 11.0 Å². The van der Waals surface area contributed by atoms with E-state index in [4.69, 9.17) is 17.4 Å². The fourth-order valence-electron chi connectivity index (χ4n) is 0.971. The molecule has 88 valence electrons. The number of alkyl halides is 3. The van der Waals surface area contributed by atoms with Crippen LogP contribution in [-0.4, -0.2) is 5.03 Å². The molecule has 1 aromatic rings. The van der Waals surface area contributed by atoms with Crippen molar-refractivity contribution in [2.45, 2.75) is 6.18 Å². The third-order valence-corrected chi connectivity index (χ3v) is 2.01. The Hall–Kier alpha value is -1.54. The standard InChI is InChI=1S/C7H5ClF3N3O2/c8-6-3-4(13(12)14(15)16)1-2-5(6)7(9,10)11/h1-3H,12H2. The molecule has 16 heavy (non-hydrogen) atoms. The third-order valence-electron chi connectivity index (χ3n) is 1.70. The zero-order valence-electron chi connectivity index (χ0n) is 7.53. The highest BCUT2D eigenvalue weighted by molar-refractivity contribution is 6.31. The maximum atomic E-state index is 12.3. The lowest BCUT2D eigenvalue weighted by molar-refractivity contribution is -0.496. The highest BCUT2D eigenvalue weighted by atomic mass is 35.5. The average molecular weight is 256 g/mol. The predicted octanol–water partition coefficient (Wildman–Crippen LogP) is 2.23. The molecule has 9 heteroatoms. The molecule has 0 saturated carbocycles. The van der Waals surface area contributed by atoms with E-state index >= 15 is 0 Å².